The zero-order valence-electron chi connectivity index (χ0n) is 14.4. The molecule has 0 saturated heterocycles. The summed E-state index contributed by atoms with van der Waals surface area (Å²) in [6.07, 6.45) is -1.07. The summed E-state index contributed by atoms with van der Waals surface area (Å²) in [6, 6.07) is 9.90. The van der Waals surface area contributed by atoms with E-state index in [4.69, 9.17) is 4.42 Å². The average Bonchev–Trinajstić information content (AvgIpc) is 3.34. The van der Waals surface area contributed by atoms with Crippen molar-refractivity contribution >= 4 is 34.4 Å². The number of thioether (sulfide) groups is 2. The lowest BCUT2D eigenvalue weighted by atomic mass is 10.1. The Bertz CT molecular complexity index is 1120. The quantitative estimate of drug-likeness (QED) is 0.420. The third kappa shape index (κ3) is 3.88. The lowest BCUT2D eigenvalue weighted by Crippen LogP contribution is -2.07. The monoisotopic (exact) mass is 422 g/mol. The molecule has 0 amide bonds. The minimum absolute atomic E-state index is 0.205. The van der Waals surface area contributed by atoms with E-state index in [1.807, 2.05) is 18.2 Å². The van der Waals surface area contributed by atoms with Crippen LogP contribution in [0.3, 0.4) is 0 Å². The summed E-state index contributed by atoms with van der Waals surface area (Å²) < 4.78 is 45.2. The molecule has 10 heteroatoms. The third-order valence-electron chi connectivity index (χ3n) is 4.03. The first-order valence-corrected chi connectivity index (χ1v) is 10.3. The Morgan fingerprint density at radius 1 is 1.11 bits per heavy atom. The maximum atomic E-state index is 13.2. The summed E-state index contributed by atoms with van der Waals surface area (Å²) in [6.45, 7) is 0. The largest absolute Gasteiger partial charge is 0.417 e. The average molecular weight is 422 g/mol. The Balaban J connectivity index is 1.50. The van der Waals surface area contributed by atoms with Gasteiger partial charge in [-0.05, 0) is 42.2 Å². The van der Waals surface area contributed by atoms with E-state index in [1.54, 1.807) is 18.5 Å². The number of aromatic amines is 1. The predicted octanol–water partition coefficient (Wildman–Crippen LogP) is 5.65. The number of nitrogens with one attached hydrogen (secondary N) is 1. The van der Waals surface area contributed by atoms with E-state index in [-0.39, 0.29) is 4.90 Å². The number of aromatic nitrogens is 4. The molecule has 0 atom stereocenters. The van der Waals surface area contributed by atoms with Gasteiger partial charge in [0.05, 0.1) is 17.3 Å². The molecule has 4 rings (SSSR count). The fourth-order valence-electron chi connectivity index (χ4n) is 2.67. The van der Waals surface area contributed by atoms with Crippen LogP contribution < -0.4 is 0 Å². The van der Waals surface area contributed by atoms with E-state index in [1.165, 1.54) is 23.9 Å². The van der Waals surface area contributed by atoms with Crippen LogP contribution in [0.4, 0.5) is 13.2 Å². The second kappa shape index (κ2) is 7.51. The predicted molar refractivity (Wildman–Crippen MR) is 102 cm³/mol. The molecule has 0 spiro atoms. The number of hydrogen-bond donors (Lipinski definition) is 1. The minimum Gasteiger partial charge on any atom is -0.411 e. The first-order chi connectivity index (χ1) is 13.4. The third-order valence-corrected chi connectivity index (χ3v) is 5.71. The van der Waals surface area contributed by atoms with Crippen molar-refractivity contribution in [2.75, 3.05) is 6.26 Å². The van der Waals surface area contributed by atoms with E-state index in [2.05, 4.69) is 20.4 Å². The van der Waals surface area contributed by atoms with Crippen LogP contribution in [0.1, 0.15) is 11.1 Å². The second-order valence-corrected chi connectivity index (χ2v) is 7.64. The standard InChI is InChI=1S/C18H13F3N4OS2/c1-27-15-5-2-10(6-13(15)18(19,20)21)9-28-17-25-24-16(26-17)11-3-4-14-12(7-11)8-22-23-14/h2-8H,9H2,1H3,(H,22,23). The smallest absolute Gasteiger partial charge is 0.411 e. The maximum absolute atomic E-state index is 13.2. The lowest BCUT2D eigenvalue weighted by molar-refractivity contribution is -0.139. The number of alkyl halides is 3. The van der Waals surface area contributed by atoms with Crippen LogP contribution in [0.15, 0.2) is 57.1 Å². The summed E-state index contributed by atoms with van der Waals surface area (Å²) >= 11 is 2.27. The first-order valence-electron chi connectivity index (χ1n) is 8.08. The number of nitrogens with zero attached hydrogens (tertiary/aromatic N) is 3. The SMILES string of the molecule is CSc1ccc(CSc2nnc(-c3ccc4[nH]ncc4c3)o2)cc1C(F)(F)F. The Hall–Kier alpha value is -2.46. The number of H-pyrrole nitrogens is 1. The number of halogens is 3. The molecule has 0 radical (unpaired) electrons. The van der Waals surface area contributed by atoms with Gasteiger partial charge in [-0.3, -0.25) is 5.10 Å². The molecule has 2 aromatic carbocycles. The molecule has 144 valence electrons. The van der Waals surface area contributed by atoms with Gasteiger partial charge in [-0.15, -0.1) is 22.0 Å². The highest BCUT2D eigenvalue weighted by molar-refractivity contribution is 7.98. The molecule has 0 saturated carbocycles. The molecular formula is C18H13F3N4OS2. The highest BCUT2D eigenvalue weighted by atomic mass is 32.2. The number of hydrogen-bond acceptors (Lipinski definition) is 6. The summed E-state index contributed by atoms with van der Waals surface area (Å²) in [5.74, 6) is 0.638. The maximum Gasteiger partial charge on any atom is 0.417 e. The van der Waals surface area contributed by atoms with E-state index in [9.17, 15) is 13.2 Å². The molecule has 0 aliphatic rings. The minimum atomic E-state index is -4.39. The van der Waals surface area contributed by atoms with Crippen molar-refractivity contribution < 1.29 is 17.6 Å². The van der Waals surface area contributed by atoms with Crippen LogP contribution in [0.2, 0.25) is 0 Å². The molecular weight excluding hydrogens is 409 g/mol. The van der Waals surface area contributed by atoms with Crippen LogP contribution in [-0.2, 0) is 11.9 Å². The molecule has 0 aliphatic carbocycles. The van der Waals surface area contributed by atoms with Crippen molar-refractivity contribution in [3.05, 3.63) is 53.7 Å². The molecule has 0 bridgehead atoms. The van der Waals surface area contributed by atoms with E-state index < -0.39 is 11.7 Å². The van der Waals surface area contributed by atoms with Gasteiger partial charge in [-0.2, -0.15) is 18.3 Å². The Morgan fingerprint density at radius 2 is 1.96 bits per heavy atom. The Morgan fingerprint density at radius 3 is 2.75 bits per heavy atom. The first kappa shape index (κ1) is 18.9. The molecule has 2 aromatic heterocycles. The normalized spacial score (nSPS) is 12.0. The number of rotatable bonds is 5. The van der Waals surface area contributed by atoms with Gasteiger partial charge >= 0.3 is 6.18 Å². The van der Waals surface area contributed by atoms with Crippen LogP contribution in [-0.4, -0.2) is 26.7 Å². The lowest BCUT2D eigenvalue weighted by Gasteiger charge is -2.12. The Labute approximate surface area is 166 Å². The van der Waals surface area contributed by atoms with Crippen LogP contribution in [0.5, 0.6) is 0 Å². The molecule has 4 aromatic rings. The summed E-state index contributed by atoms with van der Waals surface area (Å²) in [7, 11) is 0. The van der Waals surface area contributed by atoms with Gasteiger partial charge in [0.1, 0.15) is 0 Å². The van der Waals surface area contributed by atoms with E-state index in [0.29, 0.717) is 22.4 Å². The zero-order valence-corrected chi connectivity index (χ0v) is 16.1. The fraction of sp³-hybridized carbons (Fsp3) is 0.167. The van der Waals surface area contributed by atoms with Crippen molar-refractivity contribution in [1.82, 2.24) is 20.4 Å². The van der Waals surface area contributed by atoms with Crippen molar-refractivity contribution in [2.45, 2.75) is 22.0 Å². The summed E-state index contributed by atoms with van der Waals surface area (Å²) in [4.78, 5) is 0.205. The van der Waals surface area contributed by atoms with Gasteiger partial charge in [0, 0.05) is 21.6 Å². The highest BCUT2D eigenvalue weighted by Gasteiger charge is 2.33. The van der Waals surface area contributed by atoms with Crippen molar-refractivity contribution in [1.29, 1.82) is 0 Å². The molecule has 0 aliphatic heterocycles. The molecule has 2 heterocycles. The second-order valence-electron chi connectivity index (χ2n) is 5.87. The number of benzene rings is 2. The van der Waals surface area contributed by atoms with Crippen molar-refractivity contribution in [3.63, 3.8) is 0 Å². The van der Waals surface area contributed by atoms with Crippen LogP contribution in [0, 0.1) is 0 Å². The zero-order chi connectivity index (χ0) is 19.7. The van der Waals surface area contributed by atoms with Crippen molar-refractivity contribution in [2.24, 2.45) is 0 Å². The molecule has 5 nitrogen and oxygen atoms in total. The van der Waals surface area contributed by atoms with Gasteiger partial charge < -0.3 is 4.42 Å². The van der Waals surface area contributed by atoms with Gasteiger partial charge in [-0.25, -0.2) is 0 Å². The summed E-state index contributed by atoms with van der Waals surface area (Å²) in [5.41, 5.74) is 1.55. The van der Waals surface area contributed by atoms with Crippen LogP contribution >= 0.6 is 23.5 Å². The van der Waals surface area contributed by atoms with Crippen molar-refractivity contribution in [3.8, 4) is 11.5 Å². The van der Waals surface area contributed by atoms with E-state index >= 15 is 0 Å². The Kier molecular flexibility index (Phi) is 5.07. The molecule has 1 N–H and O–H groups in total. The fourth-order valence-corrected chi connectivity index (χ4v) is 3.98. The van der Waals surface area contributed by atoms with E-state index in [0.717, 1.165) is 28.2 Å². The van der Waals surface area contributed by atoms with Gasteiger partial charge in [0.15, 0.2) is 0 Å². The molecule has 0 fully saturated rings. The van der Waals surface area contributed by atoms with Crippen LogP contribution in [0.25, 0.3) is 22.4 Å². The highest BCUT2D eigenvalue weighted by Crippen LogP contribution is 2.37. The number of fused-ring (bicyclic) bond motifs is 1. The summed E-state index contributed by atoms with van der Waals surface area (Å²) in [5, 5.41) is 16.0. The van der Waals surface area contributed by atoms with Gasteiger partial charge in [0.2, 0.25) is 5.89 Å². The topological polar surface area (TPSA) is 67.6 Å². The van der Waals surface area contributed by atoms with Gasteiger partial charge in [-0.1, -0.05) is 17.8 Å². The molecule has 28 heavy (non-hydrogen) atoms. The molecule has 0 unspecified atom stereocenters. The van der Waals surface area contributed by atoms with Gasteiger partial charge in [0.25, 0.3) is 5.22 Å².